The van der Waals surface area contributed by atoms with Crippen molar-refractivity contribution in [3.8, 4) is 5.75 Å². The van der Waals surface area contributed by atoms with Crippen LogP contribution in [-0.4, -0.2) is 18.8 Å². The van der Waals surface area contributed by atoms with Crippen LogP contribution >= 0.6 is 15.9 Å². The van der Waals surface area contributed by atoms with Crippen molar-refractivity contribution < 1.29 is 14.3 Å². The SMILES string of the molecule is COc1ccc(C(NC(=O)CCC(=O)c2ccc(Br)cc2)C(C)C)cc1. The number of carbonyl (C=O) groups is 2. The molecule has 1 atom stereocenters. The minimum atomic E-state index is -0.120. The normalized spacial score (nSPS) is 11.9. The maximum absolute atomic E-state index is 12.3. The van der Waals surface area contributed by atoms with Crippen LogP contribution in [0.25, 0.3) is 0 Å². The molecule has 0 spiro atoms. The van der Waals surface area contributed by atoms with Gasteiger partial charge in [0, 0.05) is 22.9 Å². The van der Waals surface area contributed by atoms with Crippen molar-refractivity contribution in [2.75, 3.05) is 7.11 Å². The molecule has 0 fully saturated rings. The van der Waals surface area contributed by atoms with Gasteiger partial charge in [0.1, 0.15) is 5.75 Å². The molecule has 0 aliphatic rings. The summed E-state index contributed by atoms with van der Waals surface area (Å²) in [6.07, 6.45) is 0.370. The van der Waals surface area contributed by atoms with E-state index in [0.717, 1.165) is 15.8 Å². The highest BCUT2D eigenvalue weighted by atomic mass is 79.9. The summed E-state index contributed by atoms with van der Waals surface area (Å²) >= 11 is 3.35. The van der Waals surface area contributed by atoms with Crippen molar-refractivity contribution in [1.82, 2.24) is 5.32 Å². The van der Waals surface area contributed by atoms with Crippen LogP contribution < -0.4 is 10.1 Å². The van der Waals surface area contributed by atoms with E-state index in [1.54, 1.807) is 19.2 Å². The van der Waals surface area contributed by atoms with Gasteiger partial charge in [0.05, 0.1) is 13.2 Å². The first kappa shape index (κ1) is 20.2. The van der Waals surface area contributed by atoms with Gasteiger partial charge in [0.25, 0.3) is 0 Å². The van der Waals surface area contributed by atoms with Gasteiger partial charge in [-0.1, -0.05) is 54.0 Å². The van der Waals surface area contributed by atoms with Crippen LogP contribution in [0.1, 0.15) is 48.7 Å². The number of halogens is 1. The lowest BCUT2D eigenvalue weighted by Gasteiger charge is -2.23. The van der Waals surface area contributed by atoms with E-state index in [-0.39, 0.29) is 36.5 Å². The lowest BCUT2D eigenvalue weighted by molar-refractivity contribution is -0.122. The van der Waals surface area contributed by atoms with Crippen molar-refractivity contribution in [1.29, 1.82) is 0 Å². The van der Waals surface area contributed by atoms with Gasteiger partial charge in [0.15, 0.2) is 5.78 Å². The third-order valence-electron chi connectivity index (χ3n) is 4.20. The van der Waals surface area contributed by atoms with Crippen LogP contribution in [0.4, 0.5) is 0 Å². The Hall–Kier alpha value is -2.14. The van der Waals surface area contributed by atoms with Gasteiger partial charge in [-0.05, 0) is 35.7 Å². The molecular formula is C21H24BrNO3. The van der Waals surface area contributed by atoms with Gasteiger partial charge in [0.2, 0.25) is 5.91 Å². The van der Waals surface area contributed by atoms with Crippen molar-refractivity contribution in [2.24, 2.45) is 5.92 Å². The minimum absolute atomic E-state index is 0.0294. The number of ether oxygens (including phenoxy) is 1. The summed E-state index contributed by atoms with van der Waals surface area (Å²) in [6.45, 7) is 4.12. The van der Waals surface area contributed by atoms with E-state index < -0.39 is 0 Å². The summed E-state index contributed by atoms with van der Waals surface area (Å²) in [5.74, 6) is 0.861. The summed E-state index contributed by atoms with van der Waals surface area (Å²) in [4.78, 5) is 24.6. The molecule has 1 unspecified atom stereocenters. The molecule has 2 aromatic rings. The van der Waals surface area contributed by atoms with E-state index >= 15 is 0 Å². The van der Waals surface area contributed by atoms with Crippen LogP contribution in [0, 0.1) is 5.92 Å². The summed E-state index contributed by atoms with van der Waals surface area (Å²) in [7, 11) is 1.62. The quantitative estimate of drug-likeness (QED) is 0.619. The molecule has 2 aromatic carbocycles. The molecule has 0 aliphatic heterocycles. The monoisotopic (exact) mass is 417 g/mol. The third kappa shape index (κ3) is 5.70. The van der Waals surface area contributed by atoms with Crippen LogP contribution in [0.3, 0.4) is 0 Å². The predicted molar refractivity (Wildman–Crippen MR) is 106 cm³/mol. The summed E-state index contributed by atoms with van der Waals surface area (Å²) in [5, 5.41) is 3.05. The standard InChI is InChI=1S/C21H24BrNO3/c1-14(2)21(16-6-10-18(26-3)11-7-16)23-20(25)13-12-19(24)15-4-8-17(22)9-5-15/h4-11,14,21H,12-13H2,1-3H3,(H,23,25). The molecule has 26 heavy (non-hydrogen) atoms. The molecule has 138 valence electrons. The Morgan fingerprint density at radius 2 is 1.62 bits per heavy atom. The van der Waals surface area contributed by atoms with Gasteiger partial charge in [-0.15, -0.1) is 0 Å². The average Bonchev–Trinajstić information content (AvgIpc) is 2.64. The molecule has 0 saturated heterocycles. The molecule has 0 saturated carbocycles. The number of hydrogen-bond donors (Lipinski definition) is 1. The summed E-state index contributed by atoms with van der Waals surface area (Å²) in [6, 6.07) is 14.8. The lowest BCUT2D eigenvalue weighted by Crippen LogP contribution is -2.31. The first-order valence-corrected chi connectivity index (χ1v) is 9.42. The lowest BCUT2D eigenvalue weighted by atomic mass is 9.95. The number of rotatable bonds is 8. The van der Waals surface area contributed by atoms with Crippen LogP contribution in [0.15, 0.2) is 53.0 Å². The van der Waals surface area contributed by atoms with Crippen molar-refractivity contribution in [3.63, 3.8) is 0 Å². The molecule has 0 aromatic heterocycles. The summed E-state index contributed by atoms with van der Waals surface area (Å²) < 4.78 is 6.10. The molecule has 4 nitrogen and oxygen atoms in total. The van der Waals surface area contributed by atoms with Gasteiger partial charge < -0.3 is 10.1 Å². The second kappa shape index (κ2) is 9.53. The molecule has 1 amide bonds. The summed E-state index contributed by atoms with van der Waals surface area (Å²) in [5.41, 5.74) is 1.64. The highest BCUT2D eigenvalue weighted by Crippen LogP contribution is 2.24. The molecule has 5 heteroatoms. The fourth-order valence-electron chi connectivity index (χ4n) is 2.70. The van der Waals surface area contributed by atoms with Crippen LogP contribution in [0.5, 0.6) is 5.75 Å². The average molecular weight is 418 g/mol. The number of amides is 1. The van der Waals surface area contributed by atoms with Gasteiger partial charge in [-0.25, -0.2) is 0 Å². The smallest absolute Gasteiger partial charge is 0.220 e. The topological polar surface area (TPSA) is 55.4 Å². The Morgan fingerprint density at radius 1 is 1.00 bits per heavy atom. The Morgan fingerprint density at radius 3 is 2.15 bits per heavy atom. The second-order valence-corrected chi connectivity index (χ2v) is 7.41. The molecule has 0 bridgehead atoms. The Balaban J connectivity index is 1.94. The number of Topliss-reactive ketones (excluding diaryl/α,β-unsaturated/α-hetero) is 1. The fourth-order valence-corrected chi connectivity index (χ4v) is 2.96. The van der Waals surface area contributed by atoms with E-state index in [1.807, 2.05) is 36.4 Å². The zero-order valence-electron chi connectivity index (χ0n) is 15.3. The zero-order valence-corrected chi connectivity index (χ0v) is 16.9. The molecule has 1 N–H and O–H groups in total. The van der Waals surface area contributed by atoms with Gasteiger partial charge >= 0.3 is 0 Å². The van der Waals surface area contributed by atoms with E-state index in [0.29, 0.717) is 5.56 Å². The molecule has 2 rings (SSSR count). The van der Waals surface area contributed by atoms with Gasteiger partial charge in [-0.3, -0.25) is 9.59 Å². The Bertz CT molecular complexity index is 739. The largest absolute Gasteiger partial charge is 0.497 e. The number of carbonyl (C=O) groups excluding carboxylic acids is 2. The Kier molecular flexibility index (Phi) is 7.39. The number of nitrogens with one attached hydrogen (secondary N) is 1. The first-order chi connectivity index (χ1) is 12.4. The van der Waals surface area contributed by atoms with Crippen LogP contribution in [0.2, 0.25) is 0 Å². The molecule has 0 aliphatic carbocycles. The predicted octanol–water partition coefficient (Wildman–Crippen LogP) is 4.93. The second-order valence-electron chi connectivity index (χ2n) is 6.49. The van der Waals surface area contributed by atoms with Crippen LogP contribution in [-0.2, 0) is 4.79 Å². The number of methoxy groups -OCH3 is 1. The maximum Gasteiger partial charge on any atom is 0.220 e. The molecular weight excluding hydrogens is 394 g/mol. The third-order valence-corrected chi connectivity index (χ3v) is 4.73. The molecule has 0 heterocycles. The first-order valence-electron chi connectivity index (χ1n) is 8.62. The maximum atomic E-state index is 12.3. The van der Waals surface area contributed by atoms with E-state index in [1.165, 1.54) is 0 Å². The fraction of sp³-hybridized carbons (Fsp3) is 0.333. The van der Waals surface area contributed by atoms with E-state index in [9.17, 15) is 9.59 Å². The number of ketones is 1. The minimum Gasteiger partial charge on any atom is -0.497 e. The number of benzene rings is 2. The number of hydrogen-bond acceptors (Lipinski definition) is 3. The van der Waals surface area contributed by atoms with Crippen molar-refractivity contribution in [3.05, 3.63) is 64.1 Å². The highest BCUT2D eigenvalue weighted by Gasteiger charge is 2.19. The van der Waals surface area contributed by atoms with Gasteiger partial charge in [-0.2, -0.15) is 0 Å². The highest BCUT2D eigenvalue weighted by molar-refractivity contribution is 9.10. The van der Waals surface area contributed by atoms with E-state index in [2.05, 4.69) is 35.1 Å². The van der Waals surface area contributed by atoms with E-state index in [4.69, 9.17) is 4.74 Å². The molecule has 0 radical (unpaired) electrons. The van der Waals surface area contributed by atoms with Crippen molar-refractivity contribution in [2.45, 2.75) is 32.7 Å². The Labute approximate surface area is 163 Å². The van der Waals surface area contributed by atoms with Crippen molar-refractivity contribution >= 4 is 27.6 Å². The zero-order chi connectivity index (χ0) is 19.1.